The van der Waals surface area contributed by atoms with Gasteiger partial charge in [-0.2, -0.15) is 0 Å². The summed E-state index contributed by atoms with van der Waals surface area (Å²) in [6.07, 6.45) is 0. The van der Waals surface area contributed by atoms with Crippen LogP contribution in [0.1, 0.15) is 13.8 Å². The van der Waals surface area contributed by atoms with Gasteiger partial charge in [-0.15, -0.1) is 0 Å². The summed E-state index contributed by atoms with van der Waals surface area (Å²) in [5.41, 5.74) is 0. The summed E-state index contributed by atoms with van der Waals surface area (Å²) in [4.78, 5) is 0.328. The lowest BCUT2D eigenvalue weighted by atomic mass is 10.3. The molecule has 1 atom stereocenters. The molecule has 0 aliphatic carbocycles. The molecule has 0 N–H and O–H groups in total. The molecule has 1 aromatic carbocycles. The maximum atomic E-state index is 12.7. The highest BCUT2D eigenvalue weighted by atomic mass is 32.2. The van der Waals surface area contributed by atoms with Crippen molar-refractivity contribution in [1.29, 1.82) is 0 Å². The third-order valence-corrected chi connectivity index (χ3v) is 3.13. The molecule has 4 heteroatoms. The fourth-order valence-corrected chi connectivity index (χ4v) is 1.84. The molecule has 1 unspecified atom stereocenters. The highest BCUT2D eigenvalue weighted by Gasteiger charge is 2.10. The van der Waals surface area contributed by atoms with Gasteiger partial charge < -0.3 is 0 Å². The van der Waals surface area contributed by atoms with Gasteiger partial charge >= 0.3 is 0 Å². The molecule has 0 fully saturated rings. The van der Waals surface area contributed by atoms with Gasteiger partial charge in [-0.1, -0.05) is 13.8 Å². The third-order valence-electron chi connectivity index (χ3n) is 1.55. The lowest BCUT2D eigenvalue weighted by Crippen LogP contribution is -2.06. The molecule has 0 spiro atoms. The van der Waals surface area contributed by atoms with Gasteiger partial charge in [0, 0.05) is 10.1 Å². The Morgan fingerprint density at radius 2 is 1.85 bits per heavy atom. The lowest BCUT2D eigenvalue weighted by molar-refractivity contribution is 0.505. The molecule has 0 aliphatic heterocycles. The Kier molecular flexibility index (Phi) is 3.14. The predicted octanol–water partition coefficient (Wildman–Crippen LogP) is 2.48. The van der Waals surface area contributed by atoms with Crippen LogP contribution < -0.4 is 0 Å². The Bertz CT molecular complexity index is 336. The SMILES string of the molecule is CC(C)S(=O)c1ccc(F)c(F)c1. The molecule has 72 valence electrons. The van der Waals surface area contributed by atoms with Crippen molar-refractivity contribution in [2.45, 2.75) is 24.0 Å². The second kappa shape index (κ2) is 3.96. The average molecular weight is 204 g/mol. The monoisotopic (exact) mass is 204 g/mol. The van der Waals surface area contributed by atoms with Crippen molar-refractivity contribution < 1.29 is 13.0 Å². The van der Waals surface area contributed by atoms with Crippen LogP contribution in [0.3, 0.4) is 0 Å². The van der Waals surface area contributed by atoms with E-state index in [1.807, 2.05) is 0 Å². The summed E-state index contributed by atoms with van der Waals surface area (Å²) in [5.74, 6) is -1.86. The highest BCUT2D eigenvalue weighted by Crippen LogP contribution is 2.14. The van der Waals surface area contributed by atoms with Gasteiger partial charge in [-0.3, -0.25) is 4.21 Å². The first-order valence-electron chi connectivity index (χ1n) is 3.88. The average Bonchev–Trinajstić information content (AvgIpc) is 2.08. The number of benzene rings is 1. The van der Waals surface area contributed by atoms with Crippen LogP contribution in [0.2, 0.25) is 0 Å². The van der Waals surface area contributed by atoms with Gasteiger partial charge in [0.15, 0.2) is 11.6 Å². The zero-order valence-corrected chi connectivity index (χ0v) is 8.20. The summed E-state index contributed by atoms with van der Waals surface area (Å²) in [7, 11) is -1.26. The van der Waals surface area contributed by atoms with Gasteiger partial charge in [-0.05, 0) is 18.2 Å². The minimum Gasteiger partial charge on any atom is -0.254 e. The van der Waals surface area contributed by atoms with Crippen LogP contribution in [-0.2, 0) is 10.8 Å². The molecule has 0 saturated heterocycles. The van der Waals surface area contributed by atoms with E-state index < -0.39 is 22.4 Å². The summed E-state index contributed by atoms with van der Waals surface area (Å²) in [6.45, 7) is 3.52. The first-order chi connectivity index (χ1) is 6.02. The van der Waals surface area contributed by atoms with E-state index >= 15 is 0 Å². The van der Waals surface area contributed by atoms with E-state index in [2.05, 4.69) is 0 Å². The van der Waals surface area contributed by atoms with Gasteiger partial charge in [-0.25, -0.2) is 8.78 Å². The topological polar surface area (TPSA) is 17.1 Å². The minimum absolute atomic E-state index is 0.0927. The van der Waals surface area contributed by atoms with Crippen molar-refractivity contribution in [3.63, 3.8) is 0 Å². The second-order valence-corrected chi connectivity index (χ2v) is 4.93. The van der Waals surface area contributed by atoms with Crippen molar-refractivity contribution in [2.75, 3.05) is 0 Å². The zero-order chi connectivity index (χ0) is 10.0. The fourth-order valence-electron chi connectivity index (χ4n) is 0.874. The molecule has 1 aromatic rings. The van der Waals surface area contributed by atoms with E-state index in [9.17, 15) is 13.0 Å². The third kappa shape index (κ3) is 2.34. The lowest BCUT2D eigenvalue weighted by Gasteiger charge is -2.05. The summed E-state index contributed by atoms with van der Waals surface area (Å²) in [6, 6.07) is 3.31. The number of hydrogen-bond acceptors (Lipinski definition) is 1. The van der Waals surface area contributed by atoms with Crippen molar-refractivity contribution >= 4 is 10.8 Å². The summed E-state index contributed by atoms with van der Waals surface area (Å²) in [5, 5.41) is -0.0927. The van der Waals surface area contributed by atoms with Gasteiger partial charge in [0.2, 0.25) is 0 Å². The smallest absolute Gasteiger partial charge is 0.160 e. The Balaban J connectivity index is 3.04. The van der Waals surface area contributed by atoms with Crippen molar-refractivity contribution in [3.05, 3.63) is 29.8 Å². The van der Waals surface area contributed by atoms with Crippen LogP contribution in [0.5, 0.6) is 0 Å². The molecule has 13 heavy (non-hydrogen) atoms. The van der Waals surface area contributed by atoms with Crippen molar-refractivity contribution in [3.8, 4) is 0 Å². The van der Waals surface area contributed by atoms with Crippen molar-refractivity contribution in [2.24, 2.45) is 0 Å². The van der Waals surface area contributed by atoms with Crippen LogP contribution in [0.15, 0.2) is 23.1 Å². The molecule has 1 rings (SSSR count). The van der Waals surface area contributed by atoms with E-state index in [-0.39, 0.29) is 5.25 Å². The first kappa shape index (κ1) is 10.3. The molecule has 0 bridgehead atoms. The van der Waals surface area contributed by atoms with Crippen molar-refractivity contribution in [1.82, 2.24) is 0 Å². The molecule has 0 heterocycles. The second-order valence-electron chi connectivity index (χ2n) is 2.92. The van der Waals surface area contributed by atoms with Gasteiger partial charge in [0.1, 0.15) is 0 Å². The van der Waals surface area contributed by atoms with Gasteiger partial charge in [0.05, 0.1) is 10.8 Å². The molecular weight excluding hydrogens is 194 g/mol. The largest absolute Gasteiger partial charge is 0.254 e. The Labute approximate surface area is 78.2 Å². The highest BCUT2D eigenvalue weighted by molar-refractivity contribution is 7.85. The van der Waals surface area contributed by atoms with E-state index in [0.29, 0.717) is 4.90 Å². The number of rotatable bonds is 2. The minimum atomic E-state index is -1.26. The molecule has 0 aliphatic rings. The maximum Gasteiger partial charge on any atom is 0.160 e. The molecular formula is C9H10F2OS. The Morgan fingerprint density at radius 3 is 2.31 bits per heavy atom. The summed E-state index contributed by atoms with van der Waals surface area (Å²) < 4.78 is 36.6. The van der Waals surface area contributed by atoms with E-state index in [4.69, 9.17) is 0 Å². The fraction of sp³-hybridized carbons (Fsp3) is 0.333. The first-order valence-corrected chi connectivity index (χ1v) is 5.09. The van der Waals surface area contributed by atoms with Crippen LogP contribution in [0.25, 0.3) is 0 Å². The normalized spacial score (nSPS) is 13.3. The molecule has 1 nitrogen and oxygen atoms in total. The zero-order valence-electron chi connectivity index (χ0n) is 7.38. The number of hydrogen-bond donors (Lipinski definition) is 0. The van der Waals surface area contributed by atoms with Crippen LogP contribution in [0.4, 0.5) is 8.78 Å². The Hall–Kier alpha value is -0.770. The van der Waals surface area contributed by atoms with E-state index in [1.54, 1.807) is 13.8 Å². The Morgan fingerprint density at radius 1 is 1.23 bits per heavy atom. The van der Waals surface area contributed by atoms with Crippen LogP contribution in [-0.4, -0.2) is 9.46 Å². The predicted molar refractivity (Wildman–Crippen MR) is 47.9 cm³/mol. The summed E-state index contributed by atoms with van der Waals surface area (Å²) >= 11 is 0. The van der Waals surface area contributed by atoms with Crippen LogP contribution in [0, 0.1) is 11.6 Å². The molecule has 0 amide bonds. The van der Waals surface area contributed by atoms with Crippen LogP contribution >= 0.6 is 0 Å². The standard InChI is InChI=1S/C9H10F2OS/c1-6(2)13(12)7-3-4-8(10)9(11)5-7/h3-6H,1-2H3. The van der Waals surface area contributed by atoms with E-state index in [1.165, 1.54) is 6.07 Å². The molecule has 0 aromatic heterocycles. The maximum absolute atomic E-state index is 12.7. The molecule has 0 radical (unpaired) electrons. The quantitative estimate of drug-likeness (QED) is 0.723. The van der Waals surface area contributed by atoms with Gasteiger partial charge in [0.25, 0.3) is 0 Å². The number of halogens is 2. The van der Waals surface area contributed by atoms with E-state index in [0.717, 1.165) is 12.1 Å². The molecule has 0 saturated carbocycles.